The zero-order chi connectivity index (χ0) is 18.8. The Morgan fingerprint density at radius 3 is 2.63 bits per heavy atom. The standard InChI is InChI=1S/C19H25N5O3/c1-22-19(26)24-9-8-15(4-7-17(24)21-22)20-18(25)14-2-5-16(6-3-14)23-10-12-27-13-11-23/h2-3,5-6,15H,4,7-13H2,1H3,(H,20,25). The maximum atomic E-state index is 12.6. The molecule has 0 bridgehead atoms. The minimum absolute atomic E-state index is 0.0443. The Labute approximate surface area is 157 Å². The smallest absolute Gasteiger partial charge is 0.345 e. The predicted octanol–water partition coefficient (Wildman–Crippen LogP) is 0.553. The lowest BCUT2D eigenvalue weighted by molar-refractivity contribution is 0.0932. The number of benzene rings is 1. The van der Waals surface area contributed by atoms with Crippen LogP contribution in [0.2, 0.25) is 0 Å². The molecule has 1 N–H and O–H groups in total. The largest absolute Gasteiger partial charge is 0.378 e. The Hall–Kier alpha value is -2.61. The lowest BCUT2D eigenvalue weighted by Gasteiger charge is -2.28. The molecule has 27 heavy (non-hydrogen) atoms. The summed E-state index contributed by atoms with van der Waals surface area (Å²) in [6, 6.07) is 7.78. The van der Waals surface area contributed by atoms with E-state index in [4.69, 9.17) is 4.74 Å². The number of hydrogen-bond donors (Lipinski definition) is 1. The van der Waals surface area contributed by atoms with E-state index in [2.05, 4.69) is 15.3 Å². The summed E-state index contributed by atoms with van der Waals surface area (Å²) in [5.41, 5.74) is 1.69. The number of hydrogen-bond acceptors (Lipinski definition) is 5. The molecule has 4 rings (SSSR count). The molecule has 0 aliphatic carbocycles. The quantitative estimate of drug-likeness (QED) is 0.852. The molecule has 1 fully saturated rings. The Balaban J connectivity index is 1.37. The molecule has 1 aromatic carbocycles. The van der Waals surface area contributed by atoms with Crippen LogP contribution in [0.25, 0.3) is 0 Å². The lowest BCUT2D eigenvalue weighted by atomic mass is 10.1. The molecule has 8 heteroatoms. The lowest BCUT2D eigenvalue weighted by Crippen LogP contribution is -2.36. The van der Waals surface area contributed by atoms with Gasteiger partial charge in [0.25, 0.3) is 5.91 Å². The van der Waals surface area contributed by atoms with Crippen LogP contribution in [0, 0.1) is 0 Å². The van der Waals surface area contributed by atoms with Crippen molar-refractivity contribution in [3.8, 4) is 0 Å². The van der Waals surface area contributed by atoms with Gasteiger partial charge < -0.3 is 15.0 Å². The van der Waals surface area contributed by atoms with Crippen molar-refractivity contribution in [2.75, 3.05) is 31.2 Å². The first-order valence-corrected chi connectivity index (χ1v) is 9.48. The van der Waals surface area contributed by atoms with Gasteiger partial charge in [-0.15, -0.1) is 0 Å². The Morgan fingerprint density at radius 2 is 1.89 bits per heavy atom. The summed E-state index contributed by atoms with van der Waals surface area (Å²) in [4.78, 5) is 26.9. The van der Waals surface area contributed by atoms with E-state index < -0.39 is 0 Å². The average molecular weight is 371 g/mol. The molecular formula is C19H25N5O3. The van der Waals surface area contributed by atoms with Crippen LogP contribution in [0.3, 0.4) is 0 Å². The van der Waals surface area contributed by atoms with Gasteiger partial charge in [-0.3, -0.25) is 9.36 Å². The van der Waals surface area contributed by atoms with Crippen molar-refractivity contribution in [1.82, 2.24) is 19.7 Å². The van der Waals surface area contributed by atoms with Crippen molar-refractivity contribution in [3.05, 3.63) is 46.1 Å². The van der Waals surface area contributed by atoms with Crippen molar-refractivity contribution >= 4 is 11.6 Å². The highest BCUT2D eigenvalue weighted by Gasteiger charge is 2.22. The summed E-state index contributed by atoms with van der Waals surface area (Å²) >= 11 is 0. The molecule has 1 aromatic heterocycles. The summed E-state index contributed by atoms with van der Waals surface area (Å²) in [5, 5.41) is 7.39. The first-order chi connectivity index (χ1) is 13.1. The molecule has 0 radical (unpaired) electrons. The fourth-order valence-corrected chi connectivity index (χ4v) is 3.76. The highest BCUT2D eigenvalue weighted by Crippen LogP contribution is 2.17. The zero-order valence-electron chi connectivity index (χ0n) is 15.6. The predicted molar refractivity (Wildman–Crippen MR) is 101 cm³/mol. The van der Waals surface area contributed by atoms with Gasteiger partial charge in [-0.1, -0.05) is 0 Å². The Kier molecular flexibility index (Phi) is 4.98. The summed E-state index contributed by atoms with van der Waals surface area (Å²) < 4.78 is 8.47. The maximum absolute atomic E-state index is 12.6. The van der Waals surface area contributed by atoms with Crippen LogP contribution >= 0.6 is 0 Å². The van der Waals surface area contributed by atoms with Crippen molar-refractivity contribution in [3.63, 3.8) is 0 Å². The normalized spacial score (nSPS) is 20.0. The fourth-order valence-electron chi connectivity index (χ4n) is 3.76. The number of nitrogens with zero attached hydrogens (tertiary/aromatic N) is 4. The number of fused-ring (bicyclic) bond motifs is 1. The van der Waals surface area contributed by atoms with E-state index in [9.17, 15) is 9.59 Å². The van der Waals surface area contributed by atoms with Crippen LogP contribution in [0.15, 0.2) is 29.1 Å². The molecule has 3 heterocycles. The van der Waals surface area contributed by atoms with Crippen molar-refractivity contribution in [1.29, 1.82) is 0 Å². The molecule has 0 saturated carbocycles. The van der Waals surface area contributed by atoms with Gasteiger partial charge in [-0.05, 0) is 37.1 Å². The molecule has 2 aromatic rings. The Bertz CT molecular complexity index is 864. The van der Waals surface area contributed by atoms with Crippen LogP contribution in [-0.2, 0) is 24.8 Å². The van der Waals surface area contributed by atoms with Crippen LogP contribution in [0.5, 0.6) is 0 Å². The SMILES string of the molecule is Cn1nc2n(c1=O)CCC(NC(=O)c1ccc(N3CCOCC3)cc1)CC2. The van der Waals surface area contributed by atoms with Crippen molar-refractivity contribution in [2.24, 2.45) is 7.05 Å². The second kappa shape index (κ2) is 7.56. The minimum atomic E-state index is -0.0873. The highest BCUT2D eigenvalue weighted by molar-refractivity contribution is 5.94. The first kappa shape index (κ1) is 17.8. The minimum Gasteiger partial charge on any atom is -0.378 e. The van der Waals surface area contributed by atoms with Crippen LogP contribution in [0.4, 0.5) is 5.69 Å². The number of ether oxygens (including phenoxy) is 1. The second-order valence-electron chi connectivity index (χ2n) is 7.12. The number of aryl methyl sites for hydroxylation is 2. The second-order valence-corrected chi connectivity index (χ2v) is 7.12. The molecule has 2 aliphatic rings. The molecule has 8 nitrogen and oxygen atoms in total. The van der Waals surface area contributed by atoms with Gasteiger partial charge in [0.2, 0.25) is 0 Å². The summed E-state index contributed by atoms with van der Waals surface area (Å²) in [6.45, 7) is 3.82. The first-order valence-electron chi connectivity index (χ1n) is 9.48. The molecular weight excluding hydrogens is 346 g/mol. The number of nitrogens with one attached hydrogen (secondary N) is 1. The molecule has 1 amide bonds. The van der Waals surface area contributed by atoms with Gasteiger partial charge in [-0.25, -0.2) is 9.48 Å². The number of anilines is 1. The van der Waals surface area contributed by atoms with E-state index in [1.54, 1.807) is 11.6 Å². The number of amides is 1. The third kappa shape index (κ3) is 3.75. The Morgan fingerprint density at radius 1 is 1.15 bits per heavy atom. The number of rotatable bonds is 3. The number of morpholine rings is 1. The van der Waals surface area contributed by atoms with Gasteiger partial charge in [0.1, 0.15) is 5.82 Å². The molecule has 1 saturated heterocycles. The molecule has 144 valence electrons. The number of carbonyl (C=O) groups excluding carboxylic acids is 1. The molecule has 2 aliphatic heterocycles. The molecule has 1 unspecified atom stereocenters. The monoisotopic (exact) mass is 371 g/mol. The van der Waals surface area contributed by atoms with Gasteiger partial charge in [0.05, 0.1) is 13.2 Å². The average Bonchev–Trinajstić information content (AvgIpc) is 2.85. The van der Waals surface area contributed by atoms with Crippen LogP contribution in [-0.4, -0.2) is 52.6 Å². The van der Waals surface area contributed by atoms with E-state index in [-0.39, 0.29) is 17.6 Å². The van der Waals surface area contributed by atoms with E-state index in [1.807, 2.05) is 24.3 Å². The van der Waals surface area contributed by atoms with E-state index in [1.165, 1.54) is 4.68 Å². The van der Waals surface area contributed by atoms with Gasteiger partial charge in [0.15, 0.2) is 0 Å². The summed E-state index contributed by atoms with van der Waals surface area (Å²) in [6.07, 6.45) is 2.21. The topological polar surface area (TPSA) is 81.4 Å². The van der Waals surface area contributed by atoms with E-state index in [0.29, 0.717) is 18.5 Å². The van der Waals surface area contributed by atoms with Crippen molar-refractivity contribution in [2.45, 2.75) is 31.8 Å². The van der Waals surface area contributed by atoms with Gasteiger partial charge >= 0.3 is 5.69 Å². The molecule has 1 atom stereocenters. The zero-order valence-corrected chi connectivity index (χ0v) is 15.6. The van der Waals surface area contributed by atoms with Gasteiger partial charge in [0, 0.05) is 50.4 Å². The number of aromatic nitrogens is 3. The maximum Gasteiger partial charge on any atom is 0.345 e. The third-order valence-corrected chi connectivity index (χ3v) is 5.34. The fraction of sp³-hybridized carbons (Fsp3) is 0.526. The van der Waals surface area contributed by atoms with Gasteiger partial charge in [-0.2, -0.15) is 5.10 Å². The van der Waals surface area contributed by atoms with E-state index in [0.717, 1.165) is 50.7 Å². The number of carbonyl (C=O) groups is 1. The summed E-state index contributed by atoms with van der Waals surface area (Å²) in [7, 11) is 1.67. The molecule has 0 spiro atoms. The summed E-state index contributed by atoms with van der Waals surface area (Å²) in [5.74, 6) is 0.732. The van der Waals surface area contributed by atoms with E-state index >= 15 is 0 Å². The van der Waals surface area contributed by atoms with Crippen LogP contribution < -0.4 is 15.9 Å². The highest BCUT2D eigenvalue weighted by atomic mass is 16.5. The van der Waals surface area contributed by atoms with Crippen molar-refractivity contribution < 1.29 is 9.53 Å². The third-order valence-electron chi connectivity index (χ3n) is 5.34. The van der Waals surface area contributed by atoms with Crippen LogP contribution in [0.1, 0.15) is 29.0 Å².